The highest BCUT2D eigenvalue weighted by molar-refractivity contribution is 6.30. The van der Waals surface area contributed by atoms with E-state index in [0.717, 1.165) is 11.1 Å². The van der Waals surface area contributed by atoms with Crippen LogP contribution in [0.5, 0.6) is 5.75 Å². The molecule has 1 N–H and O–H groups in total. The number of amides is 1. The Kier molecular flexibility index (Phi) is 4.64. The molecule has 0 saturated carbocycles. The molecule has 0 aliphatic rings. The standard InChI is InChI=1S/C16H16ClNO2/c1-18(11-13-2-6-14(17)7-3-13)16(20)10-12-4-8-15(19)9-5-12/h2-9,19H,10-11H2,1H3. The van der Waals surface area contributed by atoms with E-state index >= 15 is 0 Å². The minimum absolute atomic E-state index is 0.0330. The normalized spacial score (nSPS) is 10.3. The van der Waals surface area contributed by atoms with Crippen molar-refractivity contribution >= 4 is 17.5 Å². The minimum Gasteiger partial charge on any atom is -0.508 e. The Morgan fingerprint density at radius 3 is 2.20 bits per heavy atom. The Morgan fingerprint density at radius 1 is 1.05 bits per heavy atom. The summed E-state index contributed by atoms with van der Waals surface area (Å²) in [6, 6.07) is 14.1. The minimum atomic E-state index is 0.0330. The molecule has 0 aromatic heterocycles. The summed E-state index contributed by atoms with van der Waals surface area (Å²) in [7, 11) is 1.78. The fraction of sp³-hybridized carbons (Fsp3) is 0.188. The molecule has 0 bridgehead atoms. The Balaban J connectivity index is 1.94. The lowest BCUT2D eigenvalue weighted by molar-refractivity contribution is -0.129. The van der Waals surface area contributed by atoms with Gasteiger partial charge in [0.2, 0.25) is 5.91 Å². The van der Waals surface area contributed by atoms with Crippen LogP contribution in [-0.4, -0.2) is 23.0 Å². The molecule has 0 aliphatic carbocycles. The number of rotatable bonds is 4. The molecule has 4 heteroatoms. The van der Waals surface area contributed by atoms with Gasteiger partial charge in [-0.3, -0.25) is 4.79 Å². The van der Waals surface area contributed by atoms with Crippen LogP contribution in [0.15, 0.2) is 48.5 Å². The van der Waals surface area contributed by atoms with Crippen molar-refractivity contribution in [2.45, 2.75) is 13.0 Å². The molecule has 0 radical (unpaired) electrons. The number of carbonyl (C=O) groups is 1. The average molecular weight is 290 g/mol. The van der Waals surface area contributed by atoms with Crippen molar-refractivity contribution in [1.82, 2.24) is 4.90 Å². The van der Waals surface area contributed by atoms with E-state index in [-0.39, 0.29) is 11.7 Å². The number of likely N-dealkylation sites (N-methyl/N-ethyl adjacent to an activating group) is 1. The lowest BCUT2D eigenvalue weighted by Crippen LogP contribution is -2.27. The smallest absolute Gasteiger partial charge is 0.227 e. The largest absolute Gasteiger partial charge is 0.508 e. The van der Waals surface area contributed by atoms with Crippen LogP contribution in [0.25, 0.3) is 0 Å². The van der Waals surface area contributed by atoms with Gasteiger partial charge in [0.25, 0.3) is 0 Å². The number of benzene rings is 2. The van der Waals surface area contributed by atoms with Gasteiger partial charge >= 0.3 is 0 Å². The molecule has 2 rings (SSSR count). The molecule has 0 spiro atoms. The fourth-order valence-electron chi connectivity index (χ4n) is 1.88. The Labute approximate surface area is 123 Å². The van der Waals surface area contributed by atoms with Gasteiger partial charge in [-0.15, -0.1) is 0 Å². The van der Waals surface area contributed by atoms with Crippen LogP contribution >= 0.6 is 11.6 Å². The first kappa shape index (κ1) is 14.4. The van der Waals surface area contributed by atoms with E-state index in [1.165, 1.54) is 0 Å². The van der Waals surface area contributed by atoms with Crippen LogP contribution in [0.3, 0.4) is 0 Å². The lowest BCUT2D eigenvalue weighted by atomic mass is 10.1. The molecule has 0 heterocycles. The third-order valence-electron chi connectivity index (χ3n) is 3.05. The number of hydrogen-bond acceptors (Lipinski definition) is 2. The van der Waals surface area contributed by atoms with Crippen molar-refractivity contribution < 1.29 is 9.90 Å². The van der Waals surface area contributed by atoms with E-state index in [1.54, 1.807) is 36.2 Å². The van der Waals surface area contributed by atoms with Crippen molar-refractivity contribution in [3.05, 3.63) is 64.7 Å². The van der Waals surface area contributed by atoms with Crippen LogP contribution in [0.4, 0.5) is 0 Å². The zero-order chi connectivity index (χ0) is 14.5. The first-order valence-corrected chi connectivity index (χ1v) is 6.69. The molecule has 1 amide bonds. The number of hydrogen-bond donors (Lipinski definition) is 1. The third kappa shape index (κ3) is 4.00. The number of carbonyl (C=O) groups excluding carboxylic acids is 1. The highest BCUT2D eigenvalue weighted by Gasteiger charge is 2.10. The van der Waals surface area contributed by atoms with E-state index in [1.807, 2.05) is 24.3 Å². The molecule has 3 nitrogen and oxygen atoms in total. The van der Waals surface area contributed by atoms with Gasteiger partial charge in [0, 0.05) is 18.6 Å². The third-order valence-corrected chi connectivity index (χ3v) is 3.30. The summed E-state index contributed by atoms with van der Waals surface area (Å²) in [5.41, 5.74) is 1.92. The molecule has 0 fully saturated rings. The number of aromatic hydroxyl groups is 1. The molecule has 0 aliphatic heterocycles. The summed E-state index contributed by atoms with van der Waals surface area (Å²) in [6.07, 6.45) is 0.324. The van der Waals surface area contributed by atoms with Gasteiger partial charge in [-0.2, -0.15) is 0 Å². The van der Waals surface area contributed by atoms with Crippen molar-refractivity contribution in [3.63, 3.8) is 0 Å². The molecule has 0 unspecified atom stereocenters. The summed E-state index contributed by atoms with van der Waals surface area (Å²) in [4.78, 5) is 13.8. The highest BCUT2D eigenvalue weighted by Crippen LogP contribution is 2.13. The van der Waals surface area contributed by atoms with Gasteiger partial charge in [-0.1, -0.05) is 35.9 Å². The number of phenols is 1. The molecule has 0 saturated heterocycles. The van der Waals surface area contributed by atoms with Crippen molar-refractivity contribution in [2.24, 2.45) is 0 Å². The van der Waals surface area contributed by atoms with E-state index in [2.05, 4.69) is 0 Å². The predicted octanol–water partition coefficient (Wildman–Crippen LogP) is 3.25. The van der Waals surface area contributed by atoms with Gasteiger partial charge in [0.05, 0.1) is 6.42 Å². The maximum Gasteiger partial charge on any atom is 0.227 e. The van der Waals surface area contributed by atoms with Gasteiger partial charge in [0.1, 0.15) is 5.75 Å². The first-order valence-electron chi connectivity index (χ1n) is 6.31. The maximum atomic E-state index is 12.1. The number of phenolic OH excluding ortho intramolecular Hbond substituents is 1. The van der Waals surface area contributed by atoms with Crippen LogP contribution in [0.1, 0.15) is 11.1 Å². The SMILES string of the molecule is CN(Cc1ccc(Cl)cc1)C(=O)Cc1ccc(O)cc1. The van der Waals surface area contributed by atoms with Gasteiger partial charge < -0.3 is 10.0 Å². The fourth-order valence-corrected chi connectivity index (χ4v) is 2.00. The number of halogens is 1. The van der Waals surface area contributed by atoms with E-state index in [9.17, 15) is 9.90 Å². The Bertz CT molecular complexity index is 578. The second-order valence-corrected chi connectivity index (χ2v) is 5.16. The first-order chi connectivity index (χ1) is 9.54. The van der Waals surface area contributed by atoms with Crippen LogP contribution < -0.4 is 0 Å². The van der Waals surface area contributed by atoms with Crippen LogP contribution in [0, 0.1) is 0 Å². The highest BCUT2D eigenvalue weighted by atomic mass is 35.5. The van der Waals surface area contributed by atoms with Crippen LogP contribution in [0.2, 0.25) is 5.02 Å². The Hall–Kier alpha value is -2.00. The second kappa shape index (κ2) is 6.44. The van der Waals surface area contributed by atoms with Crippen LogP contribution in [-0.2, 0) is 17.8 Å². The number of nitrogens with zero attached hydrogens (tertiary/aromatic N) is 1. The van der Waals surface area contributed by atoms with E-state index in [0.29, 0.717) is 18.0 Å². The molecule has 104 valence electrons. The summed E-state index contributed by atoms with van der Waals surface area (Å²) in [5.74, 6) is 0.237. The quantitative estimate of drug-likeness (QED) is 0.938. The monoisotopic (exact) mass is 289 g/mol. The molecular formula is C16H16ClNO2. The summed E-state index contributed by atoms with van der Waals surface area (Å²) in [6.45, 7) is 0.550. The van der Waals surface area contributed by atoms with E-state index < -0.39 is 0 Å². The second-order valence-electron chi connectivity index (χ2n) is 4.72. The molecule has 2 aromatic carbocycles. The maximum absolute atomic E-state index is 12.1. The summed E-state index contributed by atoms with van der Waals surface area (Å²) >= 11 is 5.83. The van der Waals surface area contributed by atoms with Gasteiger partial charge in [-0.05, 0) is 35.4 Å². The van der Waals surface area contributed by atoms with Crippen molar-refractivity contribution in [2.75, 3.05) is 7.05 Å². The zero-order valence-electron chi connectivity index (χ0n) is 11.2. The predicted molar refractivity (Wildman–Crippen MR) is 79.7 cm³/mol. The molecule has 2 aromatic rings. The summed E-state index contributed by atoms with van der Waals surface area (Å²) in [5, 5.41) is 9.90. The Morgan fingerprint density at radius 2 is 1.60 bits per heavy atom. The molecule has 0 atom stereocenters. The molecule has 20 heavy (non-hydrogen) atoms. The summed E-state index contributed by atoms with van der Waals surface area (Å²) < 4.78 is 0. The van der Waals surface area contributed by atoms with Gasteiger partial charge in [0.15, 0.2) is 0 Å². The lowest BCUT2D eigenvalue weighted by Gasteiger charge is -2.17. The van der Waals surface area contributed by atoms with Crippen molar-refractivity contribution in [1.29, 1.82) is 0 Å². The molecular weight excluding hydrogens is 274 g/mol. The van der Waals surface area contributed by atoms with Gasteiger partial charge in [-0.25, -0.2) is 0 Å². The topological polar surface area (TPSA) is 40.5 Å². The van der Waals surface area contributed by atoms with Crippen molar-refractivity contribution in [3.8, 4) is 5.75 Å². The average Bonchev–Trinajstić information content (AvgIpc) is 2.44. The van der Waals surface area contributed by atoms with E-state index in [4.69, 9.17) is 11.6 Å². The zero-order valence-corrected chi connectivity index (χ0v) is 12.0.